The molecule has 2 unspecified atom stereocenters. The van der Waals surface area contributed by atoms with Crippen LogP contribution in [0.15, 0.2) is 0 Å². The van der Waals surface area contributed by atoms with E-state index in [1.165, 1.54) is 0 Å². The highest BCUT2D eigenvalue weighted by atomic mass is 35.5. The van der Waals surface area contributed by atoms with Crippen molar-refractivity contribution in [2.24, 2.45) is 17.6 Å². The van der Waals surface area contributed by atoms with Gasteiger partial charge in [-0.05, 0) is 24.0 Å². The standard InChI is InChI=1S/C14H30N2OS.ClH/c1-7-18-13(11(4)5)14(17)16(6)9-8-12(15)10(2)3;/h10-13H,7-9,15H2,1-6H3;1H. The van der Waals surface area contributed by atoms with Crippen LogP contribution in [0.2, 0.25) is 0 Å². The molecule has 0 fully saturated rings. The van der Waals surface area contributed by atoms with Crippen molar-refractivity contribution >= 4 is 30.1 Å². The highest BCUT2D eigenvalue weighted by Crippen LogP contribution is 2.21. The maximum atomic E-state index is 12.3. The van der Waals surface area contributed by atoms with Crippen molar-refractivity contribution in [3.63, 3.8) is 0 Å². The number of hydrogen-bond acceptors (Lipinski definition) is 3. The van der Waals surface area contributed by atoms with E-state index in [1.807, 2.05) is 11.9 Å². The summed E-state index contributed by atoms with van der Waals surface area (Å²) in [6.07, 6.45) is 0.877. The molecular formula is C14H31ClN2OS. The van der Waals surface area contributed by atoms with E-state index in [4.69, 9.17) is 5.73 Å². The predicted octanol–water partition coefficient (Wildman–Crippen LogP) is 3.02. The van der Waals surface area contributed by atoms with Gasteiger partial charge in [0.05, 0.1) is 5.25 Å². The number of amides is 1. The second-order valence-corrected chi connectivity index (χ2v) is 6.99. The minimum atomic E-state index is 0. The Bertz CT molecular complexity index is 250. The van der Waals surface area contributed by atoms with Crippen molar-refractivity contribution in [1.29, 1.82) is 0 Å². The summed E-state index contributed by atoms with van der Waals surface area (Å²) in [5.41, 5.74) is 6.02. The summed E-state index contributed by atoms with van der Waals surface area (Å²) >= 11 is 1.74. The molecule has 5 heteroatoms. The molecular weight excluding hydrogens is 280 g/mol. The van der Waals surface area contributed by atoms with E-state index in [0.29, 0.717) is 11.8 Å². The van der Waals surface area contributed by atoms with Gasteiger partial charge in [0.1, 0.15) is 0 Å². The molecule has 0 heterocycles. The molecule has 0 aliphatic carbocycles. The highest BCUT2D eigenvalue weighted by Gasteiger charge is 2.25. The van der Waals surface area contributed by atoms with Crippen LogP contribution in [0.25, 0.3) is 0 Å². The quantitative estimate of drug-likeness (QED) is 0.749. The van der Waals surface area contributed by atoms with E-state index in [9.17, 15) is 4.79 Å². The van der Waals surface area contributed by atoms with Crippen molar-refractivity contribution in [3.8, 4) is 0 Å². The number of rotatable bonds is 8. The molecule has 0 aromatic carbocycles. The zero-order chi connectivity index (χ0) is 14.3. The van der Waals surface area contributed by atoms with Crippen molar-refractivity contribution in [1.82, 2.24) is 4.90 Å². The summed E-state index contributed by atoms with van der Waals surface area (Å²) in [5, 5.41) is 0.0790. The smallest absolute Gasteiger partial charge is 0.235 e. The van der Waals surface area contributed by atoms with Crippen LogP contribution in [0.1, 0.15) is 41.0 Å². The van der Waals surface area contributed by atoms with Gasteiger partial charge in [0.25, 0.3) is 0 Å². The lowest BCUT2D eigenvalue weighted by Gasteiger charge is -2.27. The van der Waals surface area contributed by atoms with Crippen molar-refractivity contribution < 1.29 is 4.79 Å². The number of hydrogen-bond donors (Lipinski definition) is 1. The van der Waals surface area contributed by atoms with Crippen LogP contribution >= 0.6 is 24.2 Å². The lowest BCUT2D eigenvalue weighted by Crippen LogP contribution is -2.40. The fourth-order valence-corrected chi connectivity index (χ4v) is 2.80. The van der Waals surface area contributed by atoms with E-state index in [2.05, 4.69) is 34.6 Å². The van der Waals surface area contributed by atoms with Crippen molar-refractivity contribution in [3.05, 3.63) is 0 Å². The lowest BCUT2D eigenvalue weighted by atomic mass is 10.0. The Morgan fingerprint density at radius 3 is 2.11 bits per heavy atom. The average molecular weight is 311 g/mol. The van der Waals surface area contributed by atoms with E-state index in [-0.39, 0.29) is 29.6 Å². The zero-order valence-corrected chi connectivity index (χ0v) is 14.8. The number of halogens is 1. The van der Waals surface area contributed by atoms with Gasteiger partial charge in [-0.3, -0.25) is 4.79 Å². The number of nitrogens with two attached hydrogens (primary N) is 1. The molecule has 0 saturated heterocycles. The van der Waals surface area contributed by atoms with Crippen LogP contribution < -0.4 is 5.73 Å². The molecule has 0 aromatic rings. The summed E-state index contributed by atoms with van der Waals surface area (Å²) in [6.45, 7) is 11.3. The maximum Gasteiger partial charge on any atom is 0.235 e. The van der Waals surface area contributed by atoms with Gasteiger partial charge in [-0.25, -0.2) is 0 Å². The molecule has 1 amide bonds. The second-order valence-electron chi connectivity index (χ2n) is 5.58. The molecule has 0 spiro atoms. The van der Waals surface area contributed by atoms with E-state index >= 15 is 0 Å². The molecule has 0 bridgehead atoms. The predicted molar refractivity (Wildman–Crippen MR) is 89.1 cm³/mol. The maximum absolute atomic E-state index is 12.3. The van der Waals surface area contributed by atoms with Gasteiger partial charge in [0, 0.05) is 19.6 Å². The normalized spacial score (nSPS) is 14.2. The topological polar surface area (TPSA) is 46.3 Å². The number of thioether (sulfide) groups is 1. The molecule has 0 radical (unpaired) electrons. The van der Waals surface area contributed by atoms with Gasteiger partial charge in [-0.2, -0.15) is 0 Å². The van der Waals surface area contributed by atoms with Crippen molar-refractivity contribution in [2.75, 3.05) is 19.3 Å². The van der Waals surface area contributed by atoms with Gasteiger partial charge in [0.2, 0.25) is 5.91 Å². The van der Waals surface area contributed by atoms with Crippen molar-refractivity contribution in [2.45, 2.75) is 52.3 Å². The first-order valence-electron chi connectivity index (χ1n) is 6.93. The Kier molecular flexibility index (Phi) is 12.2. The Labute approximate surface area is 129 Å². The number of nitrogens with zero attached hydrogens (tertiary/aromatic N) is 1. The third-order valence-electron chi connectivity index (χ3n) is 3.23. The van der Waals surface area contributed by atoms with Crippen LogP contribution in [0.5, 0.6) is 0 Å². The Hall–Kier alpha value is 0.0700. The van der Waals surface area contributed by atoms with Crippen LogP contribution in [-0.4, -0.2) is 41.4 Å². The summed E-state index contributed by atoms with van der Waals surface area (Å²) in [5.74, 6) is 2.07. The molecule has 116 valence electrons. The fourth-order valence-electron chi connectivity index (χ4n) is 1.73. The number of carbonyl (C=O) groups is 1. The summed E-state index contributed by atoms with van der Waals surface area (Å²) in [7, 11) is 1.89. The Balaban J connectivity index is 0. The molecule has 2 N–H and O–H groups in total. The third-order valence-corrected chi connectivity index (χ3v) is 4.66. The van der Waals surface area contributed by atoms with Crippen LogP contribution in [0.3, 0.4) is 0 Å². The highest BCUT2D eigenvalue weighted by molar-refractivity contribution is 8.00. The minimum absolute atomic E-state index is 0. The third kappa shape index (κ3) is 8.05. The van der Waals surface area contributed by atoms with Gasteiger partial charge in [0.15, 0.2) is 0 Å². The second kappa shape index (κ2) is 10.8. The largest absolute Gasteiger partial charge is 0.345 e. The summed E-state index contributed by atoms with van der Waals surface area (Å²) < 4.78 is 0. The molecule has 0 rings (SSSR count). The Morgan fingerprint density at radius 1 is 1.21 bits per heavy atom. The van der Waals surface area contributed by atoms with Gasteiger partial charge >= 0.3 is 0 Å². The van der Waals surface area contributed by atoms with E-state index in [0.717, 1.165) is 18.7 Å². The molecule has 19 heavy (non-hydrogen) atoms. The first kappa shape index (κ1) is 21.4. The fraction of sp³-hybridized carbons (Fsp3) is 0.929. The molecule has 3 nitrogen and oxygen atoms in total. The summed E-state index contributed by atoms with van der Waals surface area (Å²) in [6, 6.07) is 0.177. The first-order chi connectivity index (χ1) is 8.31. The van der Waals surface area contributed by atoms with Crippen LogP contribution in [-0.2, 0) is 4.79 Å². The molecule has 0 aliphatic rings. The SMILES string of the molecule is CCSC(C(=O)N(C)CCC(N)C(C)C)C(C)C.Cl. The van der Waals surface area contributed by atoms with E-state index in [1.54, 1.807) is 11.8 Å². The van der Waals surface area contributed by atoms with E-state index < -0.39 is 0 Å². The minimum Gasteiger partial charge on any atom is -0.345 e. The van der Waals surface area contributed by atoms with Gasteiger partial charge in [-0.1, -0.05) is 34.6 Å². The Morgan fingerprint density at radius 2 is 1.74 bits per heavy atom. The molecule has 0 saturated carbocycles. The zero-order valence-electron chi connectivity index (χ0n) is 13.2. The first-order valence-corrected chi connectivity index (χ1v) is 7.98. The molecule has 2 atom stereocenters. The lowest BCUT2D eigenvalue weighted by molar-refractivity contribution is -0.130. The molecule has 0 aliphatic heterocycles. The van der Waals surface area contributed by atoms with Gasteiger partial charge < -0.3 is 10.6 Å². The van der Waals surface area contributed by atoms with Gasteiger partial charge in [-0.15, -0.1) is 24.2 Å². The van der Waals surface area contributed by atoms with Crippen LogP contribution in [0, 0.1) is 11.8 Å². The summed E-state index contributed by atoms with van der Waals surface area (Å²) in [4.78, 5) is 14.2. The van der Waals surface area contributed by atoms with Crippen LogP contribution in [0.4, 0.5) is 0 Å². The molecule has 0 aromatic heterocycles. The monoisotopic (exact) mass is 310 g/mol. The average Bonchev–Trinajstić information content (AvgIpc) is 2.30. The number of carbonyl (C=O) groups excluding carboxylic acids is 1.